The molecule has 1 aromatic carbocycles. The fourth-order valence-corrected chi connectivity index (χ4v) is 2.41. The Morgan fingerprint density at radius 3 is 2.60 bits per heavy atom. The number of guanidine groups is 1. The fourth-order valence-electron chi connectivity index (χ4n) is 2.41. The van der Waals surface area contributed by atoms with Gasteiger partial charge in [-0.05, 0) is 31.2 Å². The van der Waals surface area contributed by atoms with Crippen molar-refractivity contribution in [1.29, 1.82) is 0 Å². The number of hydrogen-bond donors (Lipinski definition) is 3. The second kappa shape index (κ2) is 11.7. The first-order valence-electron chi connectivity index (χ1n) is 8.92. The number of aliphatic hydroxyl groups excluding tert-OH is 1. The minimum Gasteiger partial charge on any atom is -0.396 e. The zero-order valence-electron chi connectivity index (χ0n) is 15.3. The molecular formula is C19H32IN3O2. The van der Waals surface area contributed by atoms with Crippen LogP contribution in [-0.4, -0.2) is 43.9 Å². The molecular weight excluding hydrogens is 429 g/mol. The summed E-state index contributed by atoms with van der Waals surface area (Å²) >= 11 is 0. The Bertz CT molecular complexity index is 507. The van der Waals surface area contributed by atoms with Crippen molar-refractivity contribution in [1.82, 2.24) is 10.6 Å². The summed E-state index contributed by atoms with van der Waals surface area (Å²) in [4.78, 5) is 4.61. The molecule has 0 saturated heterocycles. The third kappa shape index (κ3) is 8.37. The molecule has 1 saturated carbocycles. The SMILES string of the molecule is CCNC(=NCC1(CO)CC1)NCC(C)COCc1ccccc1.I. The fraction of sp³-hybridized carbons (Fsp3) is 0.632. The molecule has 5 nitrogen and oxygen atoms in total. The van der Waals surface area contributed by atoms with Gasteiger partial charge >= 0.3 is 0 Å². The Morgan fingerprint density at radius 2 is 2.00 bits per heavy atom. The Labute approximate surface area is 168 Å². The van der Waals surface area contributed by atoms with Crippen LogP contribution in [0, 0.1) is 11.3 Å². The maximum Gasteiger partial charge on any atom is 0.191 e. The molecule has 2 rings (SSSR count). The lowest BCUT2D eigenvalue weighted by Gasteiger charge is -2.17. The van der Waals surface area contributed by atoms with Crippen LogP contribution in [0.4, 0.5) is 0 Å². The third-order valence-electron chi connectivity index (χ3n) is 4.34. The van der Waals surface area contributed by atoms with Gasteiger partial charge in [0.1, 0.15) is 0 Å². The number of aliphatic hydroxyl groups is 1. The summed E-state index contributed by atoms with van der Waals surface area (Å²) in [6.07, 6.45) is 2.16. The van der Waals surface area contributed by atoms with Crippen LogP contribution in [0.5, 0.6) is 0 Å². The van der Waals surface area contributed by atoms with Gasteiger partial charge in [-0.3, -0.25) is 4.99 Å². The number of rotatable bonds is 10. The van der Waals surface area contributed by atoms with Gasteiger partial charge in [-0.2, -0.15) is 0 Å². The molecule has 0 radical (unpaired) electrons. The van der Waals surface area contributed by atoms with Gasteiger partial charge in [0.2, 0.25) is 0 Å². The van der Waals surface area contributed by atoms with Crippen LogP contribution in [0.2, 0.25) is 0 Å². The highest BCUT2D eigenvalue weighted by Crippen LogP contribution is 2.45. The first-order chi connectivity index (χ1) is 11.7. The maximum absolute atomic E-state index is 9.38. The average molecular weight is 461 g/mol. The van der Waals surface area contributed by atoms with Gasteiger partial charge in [0, 0.05) is 18.5 Å². The number of aliphatic imine (C=N–C) groups is 1. The van der Waals surface area contributed by atoms with E-state index >= 15 is 0 Å². The average Bonchev–Trinajstić information content (AvgIpc) is 3.39. The van der Waals surface area contributed by atoms with Crippen molar-refractivity contribution in [3.05, 3.63) is 35.9 Å². The van der Waals surface area contributed by atoms with Crippen LogP contribution >= 0.6 is 24.0 Å². The molecule has 0 aliphatic heterocycles. The summed E-state index contributed by atoms with van der Waals surface area (Å²) in [6.45, 7) is 8.15. The Balaban J connectivity index is 0.00000312. The Morgan fingerprint density at radius 1 is 1.28 bits per heavy atom. The van der Waals surface area contributed by atoms with Gasteiger partial charge in [0.05, 0.1) is 26.4 Å². The van der Waals surface area contributed by atoms with Crippen LogP contribution < -0.4 is 10.6 Å². The van der Waals surface area contributed by atoms with Gasteiger partial charge in [-0.15, -0.1) is 24.0 Å². The minimum atomic E-state index is 0. The van der Waals surface area contributed by atoms with Crippen LogP contribution in [0.1, 0.15) is 32.3 Å². The second-order valence-electron chi connectivity index (χ2n) is 6.84. The molecule has 6 heteroatoms. The number of nitrogens with zero attached hydrogens (tertiary/aromatic N) is 1. The molecule has 142 valence electrons. The monoisotopic (exact) mass is 461 g/mol. The molecule has 0 bridgehead atoms. The minimum absolute atomic E-state index is 0. The number of nitrogens with one attached hydrogen (secondary N) is 2. The highest BCUT2D eigenvalue weighted by atomic mass is 127. The molecule has 0 aromatic heterocycles. The van der Waals surface area contributed by atoms with E-state index in [2.05, 4.69) is 41.6 Å². The summed E-state index contributed by atoms with van der Waals surface area (Å²) in [5, 5.41) is 16.0. The van der Waals surface area contributed by atoms with E-state index in [1.165, 1.54) is 5.56 Å². The first kappa shape index (κ1) is 22.2. The maximum atomic E-state index is 9.38. The third-order valence-corrected chi connectivity index (χ3v) is 4.34. The molecule has 1 atom stereocenters. The predicted molar refractivity (Wildman–Crippen MR) is 113 cm³/mol. The van der Waals surface area contributed by atoms with E-state index in [4.69, 9.17) is 4.74 Å². The van der Waals surface area contributed by atoms with Gasteiger partial charge in [0.25, 0.3) is 0 Å². The largest absolute Gasteiger partial charge is 0.396 e. The summed E-state index contributed by atoms with van der Waals surface area (Å²) in [5.41, 5.74) is 1.25. The van der Waals surface area contributed by atoms with E-state index in [0.717, 1.165) is 31.9 Å². The van der Waals surface area contributed by atoms with E-state index in [0.29, 0.717) is 25.7 Å². The van der Waals surface area contributed by atoms with E-state index in [1.807, 2.05) is 18.2 Å². The number of benzene rings is 1. The van der Waals surface area contributed by atoms with E-state index in [1.54, 1.807) is 0 Å². The van der Waals surface area contributed by atoms with Crippen molar-refractivity contribution >= 4 is 29.9 Å². The molecule has 1 aliphatic rings. The molecule has 0 spiro atoms. The highest BCUT2D eigenvalue weighted by Gasteiger charge is 2.41. The van der Waals surface area contributed by atoms with Crippen molar-refractivity contribution in [2.45, 2.75) is 33.3 Å². The topological polar surface area (TPSA) is 65.9 Å². The quantitative estimate of drug-likeness (QED) is 0.285. The Hall–Kier alpha value is -0.860. The first-order valence-corrected chi connectivity index (χ1v) is 8.92. The normalized spacial score (nSPS) is 16.7. The number of ether oxygens (including phenoxy) is 1. The summed E-state index contributed by atoms with van der Waals surface area (Å²) in [6, 6.07) is 10.2. The lowest BCUT2D eigenvalue weighted by atomic mass is 10.1. The molecule has 3 N–H and O–H groups in total. The van der Waals surface area contributed by atoms with Gasteiger partial charge in [0.15, 0.2) is 5.96 Å². The van der Waals surface area contributed by atoms with E-state index < -0.39 is 0 Å². The molecule has 25 heavy (non-hydrogen) atoms. The van der Waals surface area contributed by atoms with Crippen molar-refractivity contribution in [3.63, 3.8) is 0 Å². The van der Waals surface area contributed by atoms with Crippen molar-refractivity contribution in [2.75, 3.05) is 32.8 Å². The zero-order chi connectivity index (χ0) is 17.3. The predicted octanol–water partition coefficient (Wildman–Crippen LogP) is 2.78. The highest BCUT2D eigenvalue weighted by molar-refractivity contribution is 14.0. The molecule has 1 aromatic rings. The summed E-state index contributed by atoms with van der Waals surface area (Å²) in [7, 11) is 0. The standard InChI is InChI=1S/C19H31N3O2.HI/c1-3-20-18(22-14-19(15-23)9-10-19)21-11-16(2)12-24-13-17-7-5-4-6-8-17;/h4-8,16,23H,3,9-15H2,1-2H3,(H2,20,21,22);1H. The van der Waals surface area contributed by atoms with Crippen molar-refractivity contribution in [3.8, 4) is 0 Å². The van der Waals surface area contributed by atoms with Crippen molar-refractivity contribution < 1.29 is 9.84 Å². The van der Waals surface area contributed by atoms with Gasteiger partial charge in [-0.25, -0.2) is 0 Å². The molecule has 1 aliphatic carbocycles. The van der Waals surface area contributed by atoms with E-state index in [-0.39, 0.29) is 36.0 Å². The molecule has 1 unspecified atom stereocenters. The Kier molecular flexibility index (Phi) is 10.4. The molecule has 1 fully saturated rings. The summed E-state index contributed by atoms with van der Waals surface area (Å²) in [5.74, 6) is 1.22. The van der Waals surface area contributed by atoms with Gasteiger partial charge in [-0.1, -0.05) is 37.3 Å². The number of hydrogen-bond acceptors (Lipinski definition) is 3. The van der Waals surface area contributed by atoms with Crippen LogP contribution in [-0.2, 0) is 11.3 Å². The van der Waals surface area contributed by atoms with Crippen molar-refractivity contribution in [2.24, 2.45) is 16.3 Å². The van der Waals surface area contributed by atoms with Gasteiger partial charge < -0.3 is 20.5 Å². The van der Waals surface area contributed by atoms with Crippen LogP contribution in [0.25, 0.3) is 0 Å². The lowest BCUT2D eigenvalue weighted by Crippen LogP contribution is -2.40. The van der Waals surface area contributed by atoms with Crippen LogP contribution in [0.3, 0.4) is 0 Å². The smallest absolute Gasteiger partial charge is 0.191 e. The zero-order valence-corrected chi connectivity index (χ0v) is 17.7. The van der Waals surface area contributed by atoms with E-state index in [9.17, 15) is 5.11 Å². The molecule has 0 heterocycles. The molecule has 0 amide bonds. The lowest BCUT2D eigenvalue weighted by molar-refractivity contribution is 0.0931. The summed E-state index contributed by atoms with van der Waals surface area (Å²) < 4.78 is 5.78. The van der Waals surface area contributed by atoms with Crippen LogP contribution in [0.15, 0.2) is 35.3 Å². The second-order valence-corrected chi connectivity index (χ2v) is 6.84. The number of halogens is 1.